The maximum Gasteiger partial charge on any atom is 0.0938 e. The molecular formula is C12H14BrClN2OS. The van der Waals surface area contributed by atoms with Gasteiger partial charge in [0.1, 0.15) is 0 Å². The number of aromatic nitrogens is 2. The van der Waals surface area contributed by atoms with Gasteiger partial charge in [0.05, 0.1) is 27.0 Å². The van der Waals surface area contributed by atoms with Gasteiger partial charge in [-0.1, -0.05) is 11.6 Å². The van der Waals surface area contributed by atoms with Crippen molar-refractivity contribution in [2.75, 3.05) is 0 Å². The van der Waals surface area contributed by atoms with Gasteiger partial charge in [-0.15, -0.1) is 11.3 Å². The molecule has 0 fully saturated rings. The third-order valence-corrected chi connectivity index (χ3v) is 5.17. The molecule has 1 unspecified atom stereocenters. The van der Waals surface area contributed by atoms with Crippen molar-refractivity contribution in [1.29, 1.82) is 0 Å². The molecule has 2 aromatic heterocycles. The van der Waals surface area contributed by atoms with Crippen LogP contribution in [0.4, 0.5) is 0 Å². The van der Waals surface area contributed by atoms with Crippen molar-refractivity contribution >= 4 is 38.9 Å². The second-order valence-corrected chi connectivity index (χ2v) is 6.22. The van der Waals surface area contributed by atoms with E-state index in [4.69, 9.17) is 11.6 Å². The zero-order chi connectivity index (χ0) is 13.3. The van der Waals surface area contributed by atoms with Gasteiger partial charge in [-0.25, -0.2) is 0 Å². The summed E-state index contributed by atoms with van der Waals surface area (Å²) >= 11 is 10.9. The summed E-state index contributed by atoms with van der Waals surface area (Å²) in [6.45, 7) is 4.78. The first-order chi connectivity index (χ1) is 8.52. The average Bonchev–Trinajstić information content (AvgIpc) is 2.88. The van der Waals surface area contributed by atoms with E-state index in [9.17, 15) is 5.11 Å². The van der Waals surface area contributed by atoms with Gasteiger partial charge in [-0.2, -0.15) is 5.10 Å². The lowest BCUT2D eigenvalue weighted by Gasteiger charge is -2.10. The molecule has 0 bridgehead atoms. The van der Waals surface area contributed by atoms with Crippen molar-refractivity contribution < 1.29 is 5.11 Å². The Labute approximate surface area is 124 Å². The van der Waals surface area contributed by atoms with Gasteiger partial charge >= 0.3 is 0 Å². The molecule has 0 saturated carbocycles. The first-order valence-corrected chi connectivity index (χ1v) is 7.71. The molecule has 3 nitrogen and oxygen atoms in total. The Bertz CT molecular complexity index is 552. The van der Waals surface area contributed by atoms with E-state index in [0.29, 0.717) is 11.4 Å². The minimum absolute atomic E-state index is 0.534. The number of hydrogen-bond donors (Lipinski definition) is 1. The number of hydrogen-bond acceptors (Lipinski definition) is 3. The Morgan fingerprint density at radius 3 is 2.89 bits per heavy atom. The topological polar surface area (TPSA) is 38.0 Å². The van der Waals surface area contributed by atoms with Gasteiger partial charge in [0.2, 0.25) is 0 Å². The Kier molecular flexibility index (Phi) is 4.48. The SMILES string of the molecule is CCn1nc(C)c(Br)c1CC(O)c1cc(Cl)cs1. The molecule has 2 aromatic rings. The van der Waals surface area contributed by atoms with Gasteiger partial charge in [0, 0.05) is 23.2 Å². The molecule has 0 aliphatic carbocycles. The molecule has 0 spiro atoms. The molecule has 1 N–H and O–H groups in total. The van der Waals surface area contributed by atoms with Crippen LogP contribution in [-0.2, 0) is 13.0 Å². The van der Waals surface area contributed by atoms with Crippen molar-refractivity contribution in [2.24, 2.45) is 0 Å². The lowest BCUT2D eigenvalue weighted by atomic mass is 10.1. The second-order valence-electron chi connectivity index (χ2n) is 4.05. The first kappa shape index (κ1) is 14.1. The summed E-state index contributed by atoms with van der Waals surface area (Å²) in [5.41, 5.74) is 1.97. The number of nitrogens with zero attached hydrogens (tertiary/aromatic N) is 2. The molecule has 0 saturated heterocycles. The van der Waals surface area contributed by atoms with Crippen LogP contribution in [0.3, 0.4) is 0 Å². The van der Waals surface area contributed by atoms with Crippen LogP contribution in [0, 0.1) is 6.92 Å². The first-order valence-electron chi connectivity index (χ1n) is 5.66. The third-order valence-electron chi connectivity index (χ3n) is 2.76. The number of aliphatic hydroxyl groups is 1. The third kappa shape index (κ3) is 2.79. The number of aliphatic hydroxyl groups excluding tert-OH is 1. The standard InChI is InChI=1S/C12H14BrClN2OS/c1-3-16-9(12(13)7(2)15-16)5-10(17)11-4-8(14)6-18-11/h4,6,10,17H,3,5H2,1-2H3. The normalized spacial score (nSPS) is 12.9. The van der Waals surface area contributed by atoms with Crippen LogP contribution in [0.2, 0.25) is 5.02 Å². The fourth-order valence-corrected chi connectivity index (χ4v) is 3.36. The molecule has 0 aliphatic heterocycles. The largest absolute Gasteiger partial charge is 0.387 e. The Hall–Kier alpha value is -0.360. The summed E-state index contributed by atoms with van der Waals surface area (Å²) in [6.07, 6.45) is -0.00765. The highest BCUT2D eigenvalue weighted by atomic mass is 79.9. The molecule has 0 aromatic carbocycles. The zero-order valence-corrected chi connectivity index (χ0v) is 13.3. The monoisotopic (exact) mass is 348 g/mol. The summed E-state index contributed by atoms with van der Waals surface area (Å²) in [7, 11) is 0. The van der Waals surface area contributed by atoms with Crippen LogP contribution >= 0.6 is 38.9 Å². The lowest BCUT2D eigenvalue weighted by Crippen LogP contribution is -2.08. The summed E-state index contributed by atoms with van der Waals surface area (Å²) < 4.78 is 2.89. The quantitative estimate of drug-likeness (QED) is 0.907. The van der Waals surface area contributed by atoms with Crippen molar-refractivity contribution in [3.63, 3.8) is 0 Å². The second kappa shape index (κ2) is 5.74. The van der Waals surface area contributed by atoms with Crippen LogP contribution in [0.15, 0.2) is 15.9 Å². The molecule has 1 atom stereocenters. The molecular weight excluding hydrogens is 336 g/mol. The number of rotatable bonds is 4. The maximum atomic E-state index is 10.2. The minimum Gasteiger partial charge on any atom is -0.387 e. The van der Waals surface area contributed by atoms with Gasteiger partial charge < -0.3 is 5.11 Å². The highest BCUT2D eigenvalue weighted by molar-refractivity contribution is 9.10. The van der Waals surface area contributed by atoms with Crippen molar-refractivity contribution in [3.8, 4) is 0 Å². The molecule has 98 valence electrons. The minimum atomic E-state index is -0.541. The molecule has 0 aliphatic rings. The lowest BCUT2D eigenvalue weighted by molar-refractivity contribution is 0.179. The Balaban J connectivity index is 2.23. The zero-order valence-electron chi connectivity index (χ0n) is 10.2. The van der Waals surface area contributed by atoms with Crippen molar-refractivity contribution in [2.45, 2.75) is 32.9 Å². The van der Waals surface area contributed by atoms with E-state index >= 15 is 0 Å². The summed E-state index contributed by atoms with van der Waals surface area (Å²) in [5, 5.41) is 17.2. The van der Waals surface area contributed by atoms with E-state index in [0.717, 1.165) is 27.3 Å². The van der Waals surface area contributed by atoms with Gasteiger partial charge in [0.15, 0.2) is 0 Å². The number of halogens is 2. The van der Waals surface area contributed by atoms with Crippen LogP contribution in [0.1, 0.15) is 29.3 Å². The summed E-state index contributed by atoms with van der Waals surface area (Å²) in [5.74, 6) is 0. The maximum absolute atomic E-state index is 10.2. The molecule has 0 amide bonds. The van der Waals surface area contributed by atoms with Gasteiger partial charge in [0.25, 0.3) is 0 Å². The fourth-order valence-electron chi connectivity index (χ4n) is 1.85. The van der Waals surface area contributed by atoms with E-state index in [2.05, 4.69) is 21.0 Å². The van der Waals surface area contributed by atoms with E-state index < -0.39 is 6.10 Å². The van der Waals surface area contributed by atoms with E-state index in [-0.39, 0.29) is 0 Å². The Morgan fingerprint density at radius 2 is 2.33 bits per heavy atom. The smallest absolute Gasteiger partial charge is 0.0938 e. The molecule has 6 heteroatoms. The molecule has 18 heavy (non-hydrogen) atoms. The fraction of sp³-hybridized carbons (Fsp3) is 0.417. The Morgan fingerprint density at radius 1 is 1.61 bits per heavy atom. The molecule has 2 rings (SSSR count). The molecule has 2 heterocycles. The van der Waals surface area contributed by atoms with Gasteiger partial charge in [-0.3, -0.25) is 4.68 Å². The van der Waals surface area contributed by atoms with Crippen LogP contribution in [0.5, 0.6) is 0 Å². The van der Waals surface area contributed by atoms with E-state index in [1.807, 2.05) is 30.0 Å². The van der Waals surface area contributed by atoms with E-state index in [1.54, 1.807) is 0 Å². The van der Waals surface area contributed by atoms with Crippen LogP contribution in [0.25, 0.3) is 0 Å². The average molecular weight is 350 g/mol. The predicted octanol–water partition coefficient (Wildman–Crippen LogP) is 3.96. The summed E-state index contributed by atoms with van der Waals surface area (Å²) in [4.78, 5) is 0.883. The van der Waals surface area contributed by atoms with Crippen LogP contribution in [-0.4, -0.2) is 14.9 Å². The summed E-state index contributed by atoms with van der Waals surface area (Å²) in [6, 6.07) is 1.81. The molecule has 0 radical (unpaired) electrons. The number of aryl methyl sites for hydroxylation is 2. The highest BCUT2D eigenvalue weighted by Crippen LogP contribution is 2.30. The van der Waals surface area contributed by atoms with E-state index in [1.165, 1.54) is 11.3 Å². The predicted molar refractivity (Wildman–Crippen MR) is 78.3 cm³/mol. The van der Waals surface area contributed by atoms with Crippen LogP contribution < -0.4 is 0 Å². The highest BCUT2D eigenvalue weighted by Gasteiger charge is 2.18. The van der Waals surface area contributed by atoms with Crippen molar-refractivity contribution in [3.05, 3.63) is 37.2 Å². The van der Waals surface area contributed by atoms with Crippen molar-refractivity contribution in [1.82, 2.24) is 9.78 Å². The van der Waals surface area contributed by atoms with Gasteiger partial charge in [-0.05, 0) is 35.8 Å². The number of thiophene rings is 1.